The average molecular weight is 589 g/mol. The van der Waals surface area contributed by atoms with Gasteiger partial charge in [0.05, 0.1) is 0 Å². The molecule has 1 aliphatic carbocycles. The molecular weight excluding hydrogens is 553 g/mol. The molecule has 0 N–H and O–H groups in total. The number of halogens is 7. The lowest BCUT2D eigenvalue weighted by atomic mass is 9.65. The molecule has 42 heavy (non-hydrogen) atoms. The highest BCUT2D eigenvalue weighted by Gasteiger charge is 2.61. The zero-order valence-electron chi connectivity index (χ0n) is 24.2. The molecule has 3 aromatic rings. The van der Waals surface area contributed by atoms with Crippen molar-refractivity contribution in [2.75, 3.05) is 0 Å². The second-order valence-corrected chi connectivity index (χ2v) is 10.8. The van der Waals surface area contributed by atoms with Gasteiger partial charge >= 0.3 is 6.18 Å². The van der Waals surface area contributed by atoms with Crippen LogP contribution in [0.15, 0.2) is 85.0 Å². The van der Waals surface area contributed by atoms with Crippen molar-refractivity contribution in [2.24, 2.45) is 5.92 Å². The zero-order chi connectivity index (χ0) is 31.4. The van der Waals surface area contributed by atoms with Gasteiger partial charge in [0.15, 0.2) is 0 Å². The minimum absolute atomic E-state index is 0.0768. The van der Waals surface area contributed by atoms with E-state index in [1.807, 2.05) is 13.8 Å². The number of benzene rings is 3. The third kappa shape index (κ3) is 6.25. The van der Waals surface area contributed by atoms with Gasteiger partial charge in [0.25, 0.3) is 0 Å². The highest BCUT2D eigenvalue weighted by molar-refractivity contribution is 5.70. The molecule has 0 spiro atoms. The largest absolute Gasteiger partial charge is 0.406 e. The molecule has 0 saturated heterocycles. The highest BCUT2D eigenvalue weighted by Crippen LogP contribution is 2.55. The third-order valence-electron chi connectivity index (χ3n) is 7.88. The summed E-state index contributed by atoms with van der Waals surface area (Å²) in [7, 11) is 0. The molecule has 0 fully saturated rings. The molecule has 0 amide bonds. The van der Waals surface area contributed by atoms with E-state index in [0.29, 0.717) is 17.9 Å². The Morgan fingerprint density at radius 1 is 0.810 bits per heavy atom. The number of aryl methyl sites for hydroxylation is 1. The fraction of sp³-hybridized carbons (Fsp3) is 0.314. The molecule has 0 radical (unpaired) electrons. The molecule has 2 atom stereocenters. The van der Waals surface area contributed by atoms with Gasteiger partial charge in [-0.15, -0.1) is 13.2 Å². The summed E-state index contributed by atoms with van der Waals surface area (Å²) in [5, 5.41) is 0. The van der Waals surface area contributed by atoms with E-state index >= 15 is 26.3 Å². The molecule has 0 heterocycles. The van der Waals surface area contributed by atoms with Crippen LogP contribution in [-0.2, 0) is 11.8 Å². The maximum absolute atomic E-state index is 16.0. The van der Waals surface area contributed by atoms with Crippen LogP contribution in [-0.4, -0.2) is 6.18 Å². The first-order chi connectivity index (χ1) is 19.8. The van der Waals surface area contributed by atoms with Crippen LogP contribution in [0.4, 0.5) is 30.7 Å². The summed E-state index contributed by atoms with van der Waals surface area (Å²) in [4.78, 5) is 0. The first-order valence-electron chi connectivity index (χ1n) is 13.8. The van der Waals surface area contributed by atoms with Gasteiger partial charge in [0, 0.05) is 11.1 Å². The van der Waals surface area contributed by atoms with Gasteiger partial charge in [-0.3, -0.25) is 0 Å². The number of hydrogen-bond donors (Lipinski definition) is 0. The van der Waals surface area contributed by atoms with Crippen LogP contribution in [0.1, 0.15) is 62.3 Å². The molecule has 0 aliphatic heterocycles. The predicted molar refractivity (Wildman–Crippen MR) is 155 cm³/mol. The van der Waals surface area contributed by atoms with E-state index in [9.17, 15) is 4.39 Å². The summed E-state index contributed by atoms with van der Waals surface area (Å²) in [6, 6.07) is 8.03. The number of allylic oxidation sites excluding steroid dienone is 4. The normalized spacial score (nSPS) is 15.6. The van der Waals surface area contributed by atoms with E-state index in [-0.39, 0.29) is 29.5 Å². The predicted octanol–water partition coefficient (Wildman–Crippen LogP) is 11.1. The van der Waals surface area contributed by atoms with Gasteiger partial charge in [0.1, 0.15) is 28.7 Å². The molecule has 0 aromatic heterocycles. The summed E-state index contributed by atoms with van der Waals surface area (Å²) in [6.07, 6.45) is -0.802. The summed E-state index contributed by atoms with van der Waals surface area (Å²) in [6.45, 7) is 13.4. The highest BCUT2D eigenvalue weighted by atomic mass is 19.4. The topological polar surface area (TPSA) is 0 Å². The molecule has 0 saturated carbocycles. The Labute approximate surface area is 243 Å². The van der Waals surface area contributed by atoms with Crippen molar-refractivity contribution < 1.29 is 30.7 Å². The number of rotatable bonds is 7. The average Bonchev–Trinajstić information content (AvgIpc) is 2.92. The van der Waals surface area contributed by atoms with Crippen molar-refractivity contribution in [3.05, 3.63) is 131 Å². The van der Waals surface area contributed by atoms with Crippen molar-refractivity contribution >= 4 is 0 Å². The van der Waals surface area contributed by atoms with E-state index in [0.717, 1.165) is 54.0 Å². The lowest BCUT2D eigenvalue weighted by molar-refractivity contribution is -0.169. The smallest absolute Gasteiger partial charge is 0.207 e. The van der Waals surface area contributed by atoms with Crippen molar-refractivity contribution in [2.45, 2.75) is 65.0 Å². The van der Waals surface area contributed by atoms with Crippen LogP contribution in [0.25, 0.3) is 11.1 Å². The summed E-state index contributed by atoms with van der Waals surface area (Å²) >= 11 is 0. The van der Waals surface area contributed by atoms with Crippen molar-refractivity contribution in [3.63, 3.8) is 0 Å². The molecule has 7 heteroatoms. The van der Waals surface area contributed by atoms with Gasteiger partial charge < -0.3 is 0 Å². The third-order valence-corrected chi connectivity index (χ3v) is 7.88. The van der Waals surface area contributed by atoms with E-state index in [4.69, 9.17) is 0 Å². The second-order valence-electron chi connectivity index (χ2n) is 10.8. The lowest BCUT2D eigenvalue weighted by Crippen LogP contribution is -2.47. The Kier molecular flexibility index (Phi) is 10.3. The fourth-order valence-corrected chi connectivity index (χ4v) is 5.65. The summed E-state index contributed by atoms with van der Waals surface area (Å²) in [5.74, 6) is -4.13. The SMILES string of the molecule is C=C.CCC(C)Cc1cc(C)c(-c2cc(F)c(C(C3=CC=C(C)CC3)(c3ccc(F)cc3)C(F)(F)F)c(F)c2)c(F)c1. The Morgan fingerprint density at radius 3 is 1.88 bits per heavy atom. The Bertz CT molecular complexity index is 1430. The first-order valence-corrected chi connectivity index (χ1v) is 13.8. The summed E-state index contributed by atoms with van der Waals surface area (Å²) < 4.78 is 107. The van der Waals surface area contributed by atoms with Gasteiger partial charge in [-0.2, -0.15) is 13.2 Å². The molecular formula is C35H35F7. The van der Waals surface area contributed by atoms with Crippen LogP contribution < -0.4 is 0 Å². The van der Waals surface area contributed by atoms with Gasteiger partial charge in [-0.25, -0.2) is 17.6 Å². The van der Waals surface area contributed by atoms with Crippen LogP contribution in [0.3, 0.4) is 0 Å². The Balaban J connectivity index is 0.00000237. The van der Waals surface area contributed by atoms with Crippen LogP contribution in [0, 0.1) is 36.1 Å². The van der Waals surface area contributed by atoms with Crippen molar-refractivity contribution in [1.29, 1.82) is 0 Å². The quantitative estimate of drug-likeness (QED) is 0.190. The molecule has 1 aliphatic rings. The molecule has 224 valence electrons. The van der Waals surface area contributed by atoms with Crippen molar-refractivity contribution in [1.82, 2.24) is 0 Å². The maximum Gasteiger partial charge on any atom is 0.406 e. The van der Waals surface area contributed by atoms with Gasteiger partial charge in [-0.1, -0.05) is 56.2 Å². The first kappa shape index (κ1) is 32.9. The van der Waals surface area contributed by atoms with E-state index in [2.05, 4.69) is 13.2 Å². The van der Waals surface area contributed by atoms with Gasteiger partial charge in [-0.05, 0) is 97.2 Å². The Hall–Kier alpha value is -3.61. The molecule has 3 aromatic carbocycles. The van der Waals surface area contributed by atoms with E-state index < -0.39 is 46.0 Å². The molecule has 4 rings (SSSR count). The molecule has 2 unspecified atom stereocenters. The van der Waals surface area contributed by atoms with E-state index in [1.165, 1.54) is 18.2 Å². The minimum Gasteiger partial charge on any atom is -0.207 e. The second kappa shape index (κ2) is 13.1. The van der Waals surface area contributed by atoms with Crippen LogP contribution >= 0.6 is 0 Å². The van der Waals surface area contributed by atoms with Crippen molar-refractivity contribution in [3.8, 4) is 11.1 Å². The zero-order valence-corrected chi connectivity index (χ0v) is 24.2. The maximum atomic E-state index is 16.0. The lowest BCUT2D eigenvalue weighted by Gasteiger charge is -2.40. The summed E-state index contributed by atoms with van der Waals surface area (Å²) in [5.41, 5.74) is -3.54. The number of alkyl halides is 3. The monoisotopic (exact) mass is 588 g/mol. The minimum atomic E-state index is -5.20. The van der Waals surface area contributed by atoms with E-state index in [1.54, 1.807) is 19.9 Å². The molecule has 0 nitrogen and oxygen atoms in total. The number of hydrogen-bond acceptors (Lipinski definition) is 0. The standard InChI is InChI=1S/C33H31F7.C2H4/c1-5-19(2)14-22-15-21(4)30(27(35)16-22)23-17-28(36)31(29(37)18-23)32(33(38,39)40,24-8-6-20(3)7-9-24)25-10-12-26(34)13-11-25;1-2/h6,8,10-13,15-19H,5,7,9,14H2,1-4H3;1-2H2. The van der Waals surface area contributed by atoms with Crippen LogP contribution in [0.5, 0.6) is 0 Å². The molecule has 0 bridgehead atoms. The Morgan fingerprint density at radius 2 is 1.40 bits per heavy atom. The van der Waals surface area contributed by atoms with Crippen LogP contribution in [0.2, 0.25) is 0 Å². The van der Waals surface area contributed by atoms with Gasteiger partial charge in [0.2, 0.25) is 0 Å². The fourth-order valence-electron chi connectivity index (χ4n) is 5.65.